The number of aliphatic hydroxyl groups excluding tert-OH is 1. The minimum atomic E-state index is -4.45. The second-order valence-corrected chi connectivity index (χ2v) is 13.1. The topological polar surface area (TPSA) is 98.9 Å². The molecule has 1 fully saturated rings. The molecule has 3 heterocycles. The Morgan fingerprint density at radius 3 is 2.39 bits per heavy atom. The van der Waals surface area contributed by atoms with Crippen LogP contribution in [0.5, 0.6) is 0 Å². The van der Waals surface area contributed by atoms with Crippen LogP contribution in [0.15, 0.2) is 12.3 Å². The minimum Gasteiger partial charge on any atom is -0.444 e. The average molecular weight is 587 g/mol. The molecule has 1 N–H and O–H groups in total. The Bertz CT molecular complexity index is 1220. The molecule has 1 amide bonds. The van der Waals surface area contributed by atoms with Crippen LogP contribution in [-0.2, 0) is 26.7 Å². The van der Waals surface area contributed by atoms with Crippen molar-refractivity contribution in [3.8, 4) is 0 Å². The first kappa shape index (κ1) is 33.1. The molecule has 0 radical (unpaired) electrons. The van der Waals surface area contributed by atoms with E-state index in [-0.39, 0.29) is 35.8 Å². The normalized spacial score (nSPS) is 19.7. The number of rotatable bonds is 9. The standard InChI is InChI=1S/C29H45F3N4O5/c1-17(2)40-22(20-16-39-28(8,9)36(20)25(38)41-26(3,4)5)13-11-12-21(37)19-15-33-18-14-23(35(10)24(18)34-19)27(6,7)29(30,31)32/h14-15,17,20-22,37H,11-13,16H2,1-10H3/t20-,21?,22+/m0/s1. The van der Waals surface area contributed by atoms with Gasteiger partial charge in [-0.25, -0.2) is 9.78 Å². The molecule has 0 aliphatic carbocycles. The summed E-state index contributed by atoms with van der Waals surface area (Å²) in [6.45, 7) is 15.4. The molecule has 0 aromatic carbocycles. The molecule has 3 rings (SSSR count). The van der Waals surface area contributed by atoms with E-state index in [2.05, 4.69) is 9.97 Å². The SMILES string of the molecule is CC(C)O[C@H](CCCC(O)c1cnc2cc(C(C)(C)C(F)(F)F)n(C)c2n1)[C@@H]1COC(C)(C)N1C(=O)OC(C)(C)C. The van der Waals surface area contributed by atoms with Crippen molar-refractivity contribution in [1.29, 1.82) is 0 Å². The smallest absolute Gasteiger partial charge is 0.412 e. The zero-order valence-corrected chi connectivity index (χ0v) is 25.8. The Hall–Kier alpha value is -2.44. The van der Waals surface area contributed by atoms with Crippen molar-refractivity contribution in [2.45, 2.75) is 129 Å². The van der Waals surface area contributed by atoms with Gasteiger partial charge in [0.15, 0.2) is 5.65 Å². The summed E-state index contributed by atoms with van der Waals surface area (Å²) in [4.78, 5) is 23.5. The summed E-state index contributed by atoms with van der Waals surface area (Å²) in [6, 6.07) is 0.996. The van der Waals surface area contributed by atoms with Crippen molar-refractivity contribution >= 4 is 17.3 Å². The van der Waals surface area contributed by atoms with Gasteiger partial charge in [0.2, 0.25) is 0 Å². The molecule has 232 valence electrons. The van der Waals surface area contributed by atoms with Crippen molar-refractivity contribution in [2.75, 3.05) is 6.61 Å². The predicted octanol–water partition coefficient (Wildman–Crippen LogP) is 6.18. The molecule has 2 aromatic heterocycles. The summed E-state index contributed by atoms with van der Waals surface area (Å²) in [5.74, 6) is 0. The highest BCUT2D eigenvalue weighted by Crippen LogP contribution is 2.41. The first-order valence-corrected chi connectivity index (χ1v) is 14.0. The van der Waals surface area contributed by atoms with Gasteiger partial charge in [0.25, 0.3) is 0 Å². The molecule has 9 nitrogen and oxygen atoms in total. The molecule has 12 heteroatoms. The third-order valence-corrected chi connectivity index (χ3v) is 7.39. The highest BCUT2D eigenvalue weighted by Gasteiger charge is 2.51. The van der Waals surface area contributed by atoms with Gasteiger partial charge in [-0.2, -0.15) is 13.2 Å². The van der Waals surface area contributed by atoms with Gasteiger partial charge in [-0.05, 0) is 87.6 Å². The number of aryl methyl sites for hydroxylation is 1. The lowest BCUT2D eigenvalue weighted by atomic mass is 9.88. The van der Waals surface area contributed by atoms with Crippen molar-refractivity contribution in [2.24, 2.45) is 7.05 Å². The first-order valence-electron chi connectivity index (χ1n) is 14.0. The Labute approximate surface area is 240 Å². The number of ether oxygens (including phenoxy) is 3. The zero-order valence-electron chi connectivity index (χ0n) is 25.8. The molecular formula is C29H45F3N4O5. The van der Waals surface area contributed by atoms with Gasteiger partial charge in [0, 0.05) is 12.7 Å². The molecule has 3 atom stereocenters. The molecule has 2 aromatic rings. The van der Waals surface area contributed by atoms with E-state index >= 15 is 0 Å². The van der Waals surface area contributed by atoms with E-state index in [0.29, 0.717) is 24.8 Å². The molecular weight excluding hydrogens is 541 g/mol. The van der Waals surface area contributed by atoms with E-state index in [1.807, 2.05) is 27.7 Å². The van der Waals surface area contributed by atoms with Crippen LogP contribution in [0.3, 0.4) is 0 Å². The number of fused-ring (bicyclic) bond motifs is 1. The van der Waals surface area contributed by atoms with E-state index in [4.69, 9.17) is 14.2 Å². The summed E-state index contributed by atoms with van der Waals surface area (Å²) in [5, 5.41) is 10.9. The number of carbonyl (C=O) groups is 1. The van der Waals surface area contributed by atoms with Gasteiger partial charge in [-0.1, -0.05) is 0 Å². The number of hydrogen-bond acceptors (Lipinski definition) is 7. The predicted molar refractivity (Wildman–Crippen MR) is 148 cm³/mol. The van der Waals surface area contributed by atoms with Crippen molar-refractivity contribution in [1.82, 2.24) is 19.4 Å². The van der Waals surface area contributed by atoms with Gasteiger partial charge in [0.1, 0.15) is 22.3 Å². The quantitative estimate of drug-likeness (QED) is 0.375. The number of amides is 1. The van der Waals surface area contributed by atoms with E-state index < -0.39 is 41.2 Å². The zero-order chi connectivity index (χ0) is 31.1. The van der Waals surface area contributed by atoms with Gasteiger partial charge in [-0.15, -0.1) is 0 Å². The molecule has 0 saturated carbocycles. The molecule has 1 aliphatic heterocycles. The van der Waals surface area contributed by atoms with Crippen LogP contribution >= 0.6 is 0 Å². The van der Waals surface area contributed by atoms with Crippen LogP contribution in [0.25, 0.3) is 11.2 Å². The van der Waals surface area contributed by atoms with Crippen LogP contribution < -0.4 is 0 Å². The summed E-state index contributed by atoms with van der Waals surface area (Å²) in [6.07, 6.45) is -3.67. The maximum absolute atomic E-state index is 13.7. The fourth-order valence-corrected chi connectivity index (χ4v) is 5.13. The minimum absolute atomic E-state index is 0.0385. The maximum Gasteiger partial charge on any atom is 0.412 e. The number of alkyl halides is 3. The lowest BCUT2D eigenvalue weighted by Gasteiger charge is -2.38. The van der Waals surface area contributed by atoms with Crippen LogP contribution in [0, 0.1) is 0 Å². The van der Waals surface area contributed by atoms with Crippen molar-refractivity contribution in [3.63, 3.8) is 0 Å². The third-order valence-electron chi connectivity index (χ3n) is 7.39. The molecule has 0 bridgehead atoms. The maximum atomic E-state index is 13.7. The summed E-state index contributed by atoms with van der Waals surface area (Å²) >= 11 is 0. The van der Waals surface area contributed by atoms with E-state index in [0.717, 1.165) is 13.8 Å². The lowest BCUT2D eigenvalue weighted by molar-refractivity contribution is -0.181. The molecule has 41 heavy (non-hydrogen) atoms. The monoisotopic (exact) mass is 586 g/mol. The Morgan fingerprint density at radius 2 is 1.83 bits per heavy atom. The second kappa shape index (κ2) is 11.7. The van der Waals surface area contributed by atoms with Gasteiger partial charge in [0.05, 0.1) is 42.9 Å². The summed E-state index contributed by atoms with van der Waals surface area (Å²) < 4.78 is 60.3. The fraction of sp³-hybridized carbons (Fsp3) is 0.759. The Morgan fingerprint density at radius 1 is 1.20 bits per heavy atom. The molecule has 1 unspecified atom stereocenters. The molecule has 0 spiro atoms. The fourth-order valence-electron chi connectivity index (χ4n) is 5.13. The number of aromatic nitrogens is 3. The Balaban J connectivity index is 1.75. The number of aliphatic hydroxyl groups is 1. The Kier molecular flexibility index (Phi) is 9.42. The lowest BCUT2D eigenvalue weighted by Crippen LogP contribution is -2.54. The number of carbonyl (C=O) groups excluding carboxylic acids is 1. The average Bonchev–Trinajstić information content (AvgIpc) is 3.32. The number of nitrogens with zero attached hydrogens (tertiary/aromatic N) is 4. The van der Waals surface area contributed by atoms with Gasteiger partial charge >= 0.3 is 12.3 Å². The number of hydrogen-bond donors (Lipinski definition) is 1. The molecule has 1 aliphatic rings. The molecule has 1 saturated heterocycles. The van der Waals surface area contributed by atoms with Crippen molar-refractivity contribution < 1.29 is 37.3 Å². The third kappa shape index (κ3) is 7.32. The van der Waals surface area contributed by atoms with Crippen LogP contribution in [-0.4, -0.2) is 73.0 Å². The first-order chi connectivity index (χ1) is 18.7. The summed E-state index contributed by atoms with van der Waals surface area (Å²) in [7, 11) is 1.52. The largest absolute Gasteiger partial charge is 0.444 e. The van der Waals surface area contributed by atoms with E-state index in [1.54, 1.807) is 25.7 Å². The van der Waals surface area contributed by atoms with Crippen LogP contribution in [0.4, 0.5) is 18.0 Å². The highest BCUT2D eigenvalue weighted by molar-refractivity contribution is 5.73. The second-order valence-electron chi connectivity index (χ2n) is 13.1. The van der Waals surface area contributed by atoms with Crippen LogP contribution in [0.2, 0.25) is 0 Å². The van der Waals surface area contributed by atoms with Gasteiger partial charge < -0.3 is 23.9 Å². The number of halogens is 3. The van der Waals surface area contributed by atoms with Crippen molar-refractivity contribution in [3.05, 3.63) is 23.7 Å². The highest BCUT2D eigenvalue weighted by atomic mass is 19.4. The van der Waals surface area contributed by atoms with E-state index in [9.17, 15) is 23.1 Å². The van der Waals surface area contributed by atoms with E-state index in [1.165, 1.54) is 23.9 Å². The van der Waals surface area contributed by atoms with Gasteiger partial charge in [-0.3, -0.25) is 9.88 Å². The summed E-state index contributed by atoms with van der Waals surface area (Å²) in [5.41, 5.74) is -2.75. The van der Waals surface area contributed by atoms with Crippen LogP contribution in [0.1, 0.15) is 99.1 Å².